The molecule has 1 heterocycles. The number of methoxy groups -OCH3 is 1. The zero-order valence-corrected chi connectivity index (χ0v) is 13.1. The van der Waals surface area contributed by atoms with Crippen LogP contribution in [-0.4, -0.2) is 29.4 Å². The van der Waals surface area contributed by atoms with Crippen LogP contribution in [0.15, 0.2) is 36.7 Å². The highest BCUT2D eigenvalue weighted by Crippen LogP contribution is 2.38. The van der Waals surface area contributed by atoms with E-state index in [1.165, 1.54) is 10.2 Å². The lowest BCUT2D eigenvalue weighted by Gasteiger charge is -2.36. The van der Waals surface area contributed by atoms with E-state index in [-0.39, 0.29) is 6.54 Å². The second-order valence-electron chi connectivity index (χ2n) is 5.98. The van der Waals surface area contributed by atoms with Gasteiger partial charge in [-0.2, -0.15) is 5.10 Å². The molecule has 0 saturated heterocycles. The van der Waals surface area contributed by atoms with Gasteiger partial charge >= 0.3 is 0 Å². The van der Waals surface area contributed by atoms with Gasteiger partial charge in [-0.25, -0.2) is 8.78 Å². The number of nitrogens with one attached hydrogen (secondary N) is 1. The van der Waals surface area contributed by atoms with Crippen LogP contribution in [0.25, 0.3) is 0 Å². The fourth-order valence-electron chi connectivity index (χ4n) is 2.95. The third kappa shape index (κ3) is 4.07. The summed E-state index contributed by atoms with van der Waals surface area (Å²) in [5.41, 5.74) is 2.25. The van der Waals surface area contributed by atoms with Crippen LogP contribution in [0.2, 0.25) is 0 Å². The minimum Gasteiger partial charge on any atom is -0.497 e. The number of hydrogen-bond donors (Lipinski definition) is 1. The molecule has 124 valence electrons. The summed E-state index contributed by atoms with van der Waals surface area (Å²) in [7, 11) is 1.68. The third-order valence-electron chi connectivity index (χ3n) is 4.31. The lowest BCUT2D eigenvalue weighted by atomic mass is 9.76. The van der Waals surface area contributed by atoms with Gasteiger partial charge in [-0.15, -0.1) is 0 Å². The van der Waals surface area contributed by atoms with Crippen LogP contribution >= 0.6 is 0 Å². The number of ether oxygens (including phenoxy) is 1. The van der Waals surface area contributed by atoms with Gasteiger partial charge in [0.25, 0.3) is 6.43 Å². The molecule has 0 aliphatic heterocycles. The highest BCUT2D eigenvalue weighted by Gasteiger charge is 2.30. The second kappa shape index (κ2) is 7.08. The number of alkyl halides is 2. The summed E-state index contributed by atoms with van der Waals surface area (Å²) in [5, 5.41) is 7.40. The quantitative estimate of drug-likeness (QED) is 0.851. The molecule has 23 heavy (non-hydrogen) atoms. The minimum absolute atomic E-state index is 0.346. The van der Waals surface area contributed by atoms with Crippen molar-refractivity contribution in [1.82, 2.24) is 15.1 Å². The standard InChI is InChI=1S/C17H21F2N3O/c1-23-16-4-2-3-13(7-16)14-5-15(6-14)20-8-12-9-21-22(10-12)11-17(18)19/h2-4,7,9-10,14-15,17,20H,5-6,8,11H2,1H3. The maximum atomic E-state index is 12.3. The molecule has 4 nitrogen and oxygen atoms in total. The molecule has 0 amide bonds. The topological polar surface area (TPSA) is 39.1 Å². The van der Waals surface area contributed by atoms with E-state index in [0.29, 0.717) is 18.5 Å². The van der Waals surface area contributed by atoms with E-state index in [1.807, 2.05) is 12.1 Å². The van der Waals surface area contributed by atoms with Crippen LogP contribution in [0, 0.1) is 0 Å². The molecular formula is C17H21F2N3O. The molecule has 0 atom stereocenters. The van der Waals surface area contributed by atoms with Gasteiger partial charge in [-0.05, 0) is 36.5 Å². The first kappa shape index (κ1) is 15.9. The van der Waals surface area contributed by atoms with Crippen molar-refractivity contribution in [3.05, 3.63) is 47.8 Å². The van der Waals surface area contributed by atoms with Gasteiger partial charge in [0.1, 0.15) is 12.3 Å². The zero-order valence-electron chi connectivity index (χ0n) is 13.1. The predicted molar refractivity (Wildman–Crippen MR) is 83.8 cm³/mol. The molecular weight excluding hydrogens is 300 g/mol. The maximum absolute atomic E-state index is 12.3. The smallest absolute Gasteiger partial charge is 0.257 e. The summed E-state index contributed by atoms with van der Waals surface area (Å²) in [6.45, 7) is 0.320. The lowest BCUT2D eigenvalue weighted by molar-refractivity contribution is 0.122. The molecule has 1 aromatic carbocycles. The Morgan fingerprint density at radius 3 is 2.96 bits per heavy atom. The lowest BCUT2D eigenvalue weighted by Crippen LogP contribution is -2.39. The Morgan fingerprint density at radius 2 is 2.22 bits per heavy atom. The Hall–Kier alpha value is -1.95. The molecule has 0 spiro atoms. The summed E-state index contributed by atoms with van der Waals surface area (Å²) in [5.74, 6) is 1.45. The van der Waals surface area contributed by atoms with Crippen molar-refractivity contribution in [1.29, 1.82) is 0 Å². The van der Waals surface area contributed by atoms with Crippen molar-refractivity contribution in [2.24, 2.45) is 0 Å². The molecule has 1 saturated carbocycles. The Morgan fingerprint density at radius 1 is 1.39 bits per heavy atom. The van der Waals surface area contributed by atoms with Gasteiger partial charge in [0.15, 0.2) is 0 Å². The van der Waals surface area contributed by atoms with Crippen molar-refractivity contribution < 1.29 is 13.5 Å². The highest BCUT2D eigenvalue weighted by atomic mass is 19.3. The third-order valence-corrected chi connectivity index (χ3v) is 4.31. The maximum Gasteiger partial charge on any atom is 0.257 e. The van der Waals surface area contributed by atoms with Gasteiger partial charge < -0.3 is 10.1 Å². The van der Waals surface area contributed by atoms with Crippen LogP contribution < -0.4 is 10.1 Å². The normalized spacial score (nSPS) is 20.5. The SMILES string of the molecule is COc1cccc(C2CC(NCc3cnn(CC(F)F)c3)C2)c1. The van der Waals surface area contributed by atoms with Crippen molar-refractivity contribution >= 4 is 0 Å². The van der Waals surface area contributed by atoms with Crippen molar-refractivity contribution in [2.45, 2.75) is 44.3 Å². The molecule has 1 aliphatic carbocycles. The number of benzene rings is 1. The van der Waals surface area contributed by atoms with E-state index in [4.69, 9.17) is 4.74 Å². The van der Waals surface area contributed by atoms with E-state index in [0.717, 1.165) is 24.2 Å². The van der Waals surface area contributed by atoms with Gasteiger partial charge in [-0.3, -0.25) is 4.68 Å². The van der Waals surface area contributed by atoms with Gasteiger partial charge in [0, 0.05) is 24.3 Å². The molecule has 0 radical (unpaired) electrons. The summed E-state index contributed by atoms with van der Waals surface area (Å²) in [4.78, 5) is 0. The second-order valence-corrected chi connectivity index (χ2v) is 5.98. The van der Waals surface area contributed by atoms with Gasteiger partial charge in [0.2, 0.25) is 0 Å². The summed E-state index contributed by atoms with van der Waals surface area (Å²) in [6, 6.07) is 8.67. The number of nitrogens with zero attached hydrogens (tertiary/aromatic N) is 2. The van der Waals surface area contributed by atoms with Crippen molar-refractivity contribution in [2.75, 3.05) is 7.11 Å². The van der Waals surface area contributed by atoms with Gasteiger partial charge in [0.05, 0.1) is 13.3 Å². The van der Waals surface area contributed by atoms with E-state index >= 15 is 0 Å². The Bertz CT molecular complexity index is 638. The summed E-state index contributed by atoms with van der Waals surface area (Å²) in [6.07, 6.45) is 3.12. The first-order valence-corrected chi connectivity index (χ1v) is 7.81. The Balaban J connectivity index is 1.44. The molecule has 6 heteroatoms. The van der Waals surface area contributed by atoms with Crippen LogP contribution in [0.4, 0.5) is 8.78 Å². The monoisotopic (exact) mass is 321 g/mol. The molecule has 1 N–H and O–H groups in total. The average molecular weight is 321 g/mol. The number of rotatable bonds is 7. The van der Waals surface area contributed by atoms with E-state index in [2.05, 4.69) is 22.5 Å². The largest absolute Gasteiger partial charge is 0.497 e. The van der Waals surface area contributed by atoms with Crippen LogP contribution in [-0.2, 0) is 13.1 Å². The molecule has 2 aromatic rings. The number of halogens is 2. The number of hydrogen-bond acceptors (Lipinski definition) is 3. The Labute approximate surface area is 134 Å². The fourth-order valence-corrected chi connectivity index (χ4v) is 2.95. The molecule has 1 aliphatic rings. The first-order valence-electron chi connectivity index (χ1n) is 7.81. The van der Waals surface area contributed by atoms with E-state index in [1.54, 1.807) is 19.5 Å². The van der Waals surface area contributed by atoms with Crippen molar-refractivity contribution in [3.63, 3.8) is 0 Å². The number of aromatic nitrogens is 2. The van der Waals surface area contributed by atoms with Crippen LogP contribution in [0.3, 0.4) is 0 Å². The molecule has 0 bridgehead atoms. The van der Waals surface area contributed by atoms with Crippen molar-refractivity contribution in [3.8, 4) is 5.75 Å². The van der Waals surface area contributed by atoms with Crippen LogP contribution in [0.5, 0.6) is 5.75 Å². The average Bonchev–Trinajstić information content (AvgIpc) is 2.92. The predicted octanol–water partition coefficient (Wildman–Crippen LogP) is 3.19. The molecule has 1 fully saturated rings. The molecule has 1 aromatic heterocycles. The molecule has 0 unspecified atom stereocenters. The Kier molecular flexibility index (Phi) is 4.91. The van der Waals surface area contributed by atoms with Crippen LogP contribution in [0.1, 0.15) is 29.9 Å². The highest BCUT2D eigenvalue weighted by molar-refractivity contribution is 5.32. The fraction of sp³-hybridized carbons (Fsp3) is 0.471. The summed E-state index contributed by atoms with van der Waals surface area (Å²) >= 11 is 0. The molecule has 3 rings (SSSR count). The van der Waals surface area contributed by atoms with E-state index < -0.39 is 6.43 Å². The summed E-state index contributed by atoms with van der Waals surface area (Å²) < 4.78 is 31.1. The van der Waals surface area contributed by atoms with E-state index in [9.17, 15) is 8.78 Å². The first-order chi connectivity index (χ1) is 11.1. The minimum atomic E-state index is -2.37. The zero-order chi connectivity index (χ0) is 16.2. The van der Waals surface area contributed by atoms with Gasteiger partial charge in [-0.1, -0.05) is 12.1 Å².